The molecule has 0 saturated carbocycles. The van der Waals surface area contributed by atoms with Crippen LogP contribution in [0.25, 0.3) is 0 Å². The lowest BCUT2D eigenvalue weighted by Crippen LogP contribution is -2.25. The van der Waals surface area contributed by atoms with Crippen LogP contribution < -0.4 is 5.32 Å². The van der Waals surface area contributed by atoms with Gasteiger partial charge in [0.15, 0.2) is 15.0 Å². The second-order valence-corrected chi connectivity index (χ2v) is 10.5. The Morgan fingerprint density at radius 1 is 1.21 bits per heavy atom. The summed E-state index contributed by atoms with van der Waals surface area (Å²) in [5.41, 5.74) is 1.06. The van der Waals surface area contributed by atoms with Gasteiger partial charge < -0.3 is 9.88 Å². The number of sulfone groups is 1. The summed E-state index contributed by atoms with van der Waals surface area (Å²) in [6.07, 6.45) is 2.05. The van der Waals surface area contributed by atoms with E-state index >= 15 is 0 Å². The fraction of sp³-hybridized carbons (Fsp3) is 0.261. The average Bonchev–Trinajstić information content (AvgIpc) is 3.14. The van der Waals surface area contributed by atoms with E-state index in [1.807, 2.05) is 13.8 Å². The van der Waals surface area contributed by atoms with Crippen molar-refractivity contribution in [2.45, 2.75) is 47.9 Å². The Hall–Kier alpha value is -2.98. The van der Waals surface area contributed by atoms with E-state index in [1.165, 1.54) is 12.1 Å². The fourth-order valence-corrected chi connectivity index (χ4v) is 5.30. The number of amides is 1. The van der Waals surface area contributed by atoms with Crippen molar-refractivity contribution >= 4 is 33.2 Å². The third kappa shape index (κ3) is 6.08. The smallest absolute Gasteiger partial charge is 0.238 e. The van der Waals surface area contributed by atoms with Gasteiger partial charge in [0.1, 0.15) is 17.4 Å². The van der Waals surface area contributed by atoms with Crippen molar-refractivity contribution in [3.05, 3.63) is 78.4 Å². The molecule has 0 bridgehead atoms. The number of benzene rings is 2. The molecule has 0 fully saturated rings. The maximum atomic E-state index is 13.9. The molecule has 1 atom stereocenters. The van der Waals surface area contributed by atoms with E-state index in [1.54, 1.807) is 47.0 Å². The second kappa shape index (κ2) is 10.8. The number of hydrogen-bond donors (Lipinski definition) is 1. The lowest BCUT2D eigenvalue weighted by atomic mass is 10.2. The summed E-state index contributed by atoms with van der Waals surface area (Å²) < 4.78 is 41.3. The fourth-order valence-electron chi connectivity index (χ4n) is 3.05. The first-order valence-corrected chi connectivity index (χ1v) is 12.8. The number of rotatable bonds is 10. The summed E-state index contributed by atoms with van der Waals surface area (Å²) in [5, 5.41) is 10.6. The molecule has 2 aromatic carbocycles. The minimum Gasteiger partial charge on any atom is -0.323 e. The van der Waals surface area contributed by atoms with Crippen molar-refractivity contribution in [2.75, 3.05) is 5.32 Å². The molecule has 1 unspecified atom stereocenters. The molecule has 0 radical (unpaired) electrons. The second-order valence-electron chi connectivity index (χ2n) is 7.35. The average molecular weight is 489 g/mol. The Kier molecular flexibility index (Phi) is 8.04. The SMILES string of the molecule is C=CCn1c(CS(=O)(=O)c2ccc(C)cc2)nnc1SC(CC)C(=O)Nc1ccccc1F. The molecule has 1 N–H and O–H groups in total. The van der Waals surface area contributed by atoms with Gasteiger partial charge in [-0.25, -0.2) is 12.8 Å². The van der Waals surface area contributed by atoms with E-state index in [0.29, 0.717) is 11.6 Å². The molecule has 0 aliphatic heterocycles. The zero-order valence-electron chi connectivity index (χ0n) is 18.4. The van der Waals surface area contributed by atoms with Gasteiger partial charge in [0.25, 0.3) is 0 Å². The van der Waals surface area contributed by atoms with Gasteiger partial charge >= 0.3 is 0 Å². The predicted octanol–water partition coefficient (Wildman–Crippen LogP) is 4.39. The first kappa shape index (κ1) is 24.7. The highest BCUT2D eigenvalue weighted by Crippen LogP contribution is 2.27. The van der Waals surface area contributed by atoms with E-state index < -0.39 is 20.9 Å². The van der Waals surface area contributed by atoms with E-state index in [4.69, 9.17) is 0 Å². The molecule has 7 nitrogen and oxygen atoms in total. The summed E-state index contributed by atoms with van der Waals surface area (Å²) in [4.78, 5) is 12.9. The molecular weight excluding hydrogens is 463 g/mol. The standard InChI is InChI=1S/C23H25FN4O3S2/c1-4-14-28-21(15-33(30,31)17-12-10-16(3)11-13-17)26-27-23(28)32-20(5-2)22(29)25-19-9-7-6-8-18(19)24/h4,6-13,20H,1,5,14-15H2,2-3H3,(H,25,29). The Balaban J connectivity index is 1.82. The largest absolute Gasteiger partial charge is 0.323 e. The number of carbonyl (C=O) groups excluding carboxylic acids is 1. The molecule has 3 aromatic rings. The van der Waals surface area contributed by atoms with Crippen molar-refractivity contribution in [3.63, 3.8) is 0 Å². The van der Waals surface area contributed by atoms with Crippen LogP contribution in [-0.2, 0) is 26.9 Å². The molecule has 1 amide bonds. The first-order valence-electron chi connectivity index (χ1n) is 10.3. The highest BCUT2D eigenvalue weighted by Gasteiger charge is 2.25. The number of anilines is 1. The number of allylic oxidation sites excluding steroid dienone is 1. The molecule has 33 heavy (non-hydrogen) atoms. The first-order chi connectivity index (χ1) is 15.7. The predicted molar refractivity (Wildman–Crippen MR) is 127 cm³/mol. The number of nitrogens with one attached hydrogen (secondary N) is 1. The van der Waals surface area contributed by atoms with Crippen molar-refractivity contribution in [1.29, 1.82) is 0 Å². The van der Waals surface area contributed by atoms with Crippen LogP contribution in [0.2, 0.25) is 0 Å². The maximum absolute atomic E-state index is 13.9. The van der Waals surface area contributed by atoms with E-state index in [9.17, 15) is 17.6 Å². The summed E-state index contributed by atoms with van der Waals surface area (Å²) in [6.45, 7) is 7.71. The van der Waals surface area contributed by atoms with Crippen LogP contribution in [0.4, 0.5) is 10.1 Å². The zero-order valence-corrected chi connectivity index (χ0v) is 20.0. The lowest BCUT2D eigenvalue weighted by Gasteiger charge is -2.15. The topological polar surface area (TPSA) is 93.9 Å². The molecule has 174 valence electrons. The Labute approximate surface area is 197 Å². The molecule has 3 rings (SSSR count). The van der Waals surface area contributed by atoms with Crippen molar-refractivity contribution < 1.29 is 17.6 Å². The summed E-state index contributed by atoms with van der Waals surface area (Å²) in [6, 6.07) is 12.5. The van der Waals surface area contributed by atoms with Crippen LogP contribution in [0.1, 0.15) is 24.7 Å². The number of aromatic nitrogens is 3. The molecule has 0 aliphatic carbocycles. The Morgan fingerprint density at radius 3 is 2.55 bits per heavy atom. The van der Waals surface area contributed by atoms with Crippen LogP contribution in [0, 0.1) is 12.7 Å². The van der Waals surface area contributed by atoms with E-state index in [0.717, 1.165) is 17.3 Å². The third-order valence-corrected chi connectivity index (χ3v) is 7.82. The number of para-hydroxylation sites is 1. The van der Waals surface area contributed by atoms with Crippen LogP contribution in [0.15, 0.2) is 71.2 Å². The van der Waals surface area contributed by atoms with E-state index in [2.05, 4.69) is 22.1 Å². The number of nitrogens with zero attached hydrogens (tertiary/aromatic N) is 3. The third-order valence-electron chi connectivity index (χ3n) is 4.85. The molecule has 10 heteroatoms. The molecule has 0 spiro atoms. The van der Waals surface area contributed by atoms with Crippen molar-refractivity contribution in [3.8, 4) is 0 Å². The van der Waals surface area contributed by atoms with E-state index in [-0.39, 0.29) is 34.6 Å². The highest BCUT2D eigenvalue weighted by atomic mass is 32.2. The number of thioether (sulfide) groups is 1. The van der Waals surface area contributed by atoms with Crippen LogP contribution in [0.5, 0.6) is 0 Å². The zero-order chi connectivity index (χ0) is 24.0. The Morgan fingerprint density at radius 2 is 1.91 bits per heavy atom. The van der Waals surface area contributed by atoms with Gasteiger partial charge in [-0.2, -0.15) is 0 Å². The molecule has 1 aromatic heterocycles. The normalized spacial score (nSPS) is 12.3. The summed E-state index contributed by atoms with van der Waals surface area (Å²) in [7, 11) is -3.64. The van der Waals surface area contributed by atoms with Crippen LogP contribution >= 0.6 is 11.8 Å². The molecular formula is C23H25FN4O3S2. The van der Waals surface area contributed by atoms with Gasteiger partial charge in [-0.1, -0.05) is 54.6 Å². The van der Waals surface area contributed by atoms with Gasteiger partial charge in [-0.15, -0.1) is 16.8 Å². The number of carbonyl (C=O) groups is 1. The molecule has 0 aliphatic rings. The van der Waals surface area contributed by atoms with Gasteiger partial charge in [-0.05, 0) is 37.6 Å². The number of aryl methyl sites for hydroxylation is 1. The minimum absolute atomic E-state index is 0.0963. The summed E-state index contributed by atoms with van der Waals surface area (Å²) in [5.74, 6) is -0.989. The number of hydrogen-bond acceptors (Lipinski definition) is 6. The van der Waals surface area contributed by atoms with Gasteiger partial charge in [0, 0.05) is 6.54 Å². The van der Waals surface area contributed by atoms with Crippen LogP contribution in [0.3, 0.4) is 0 Å². The number of halogens is 1. The quantitative estimate of drug-likeness (QED) is 0.336. The highest BCUT2D eigenvalue weighted by molar-refractivity contribution is 8.00. The lowest BCUT2D eigenvalue weighted by molar-refractivity contribution is -0.115. The summed E-state index contributed by atoms with van der Waals surface area (Å²) >= 11 is 1.15. The van der Waals surface area contributed by atoms with Crippen LogP contribution in [-0.4, -0.2) is 34.3 Å². The van der Waals surface area contributed by atoms with Gasteiger partial charge in [-0.3, -0.25) is 4.79 Å². The van der Waals surface area contributed by atoms with Gasteiger partial charge in [0.05, 0.1) is 15.8 Å². The van der Waals surface area contributed by atoms with Gasteiger partial charge in [0.2, 0.25) is 5.91 Å². The molecule has 1 heterocycles. The monoisotopic (exact) mass is 488 g/mol. The maximum Gasteiger partial charge on any atom is 0.238 e. The van der Waals surface area contributed by atoms with Crippen molar-refractivity contribution in [2.24, 2.45) is 0 Å². The Bertz CT molecular complexity index is 1240. The van der Waals surface area contributed by atoms with Crippen molar-refractivity contribution in [1.82, 2.24) is 14.8 Å². The minimum atomic E-state index is -3.64. The molecule has 0 saturated heterocycles.